The van der Waals surface area contributed by atoms with Crippen molar-refractivity contribution in [2.75, 3.05) is 13.2 Å². The highest BCUT2D eigenvalue weighted by atomic mass is 16.5. The minimum absolute atomic E-state index is 0.00286. The highest BCUT2D eigenvalue weighted by molar-refractivity contribution is 5.97. The molecule has 0 saturated heterocycles. The number of carboxylic acids is 1. The van der Waals surface area contributed by atoms with Gasteiger partial charge in [-0.25, -0.2) is 5.01 Å². The molecule has 2 aromatic rings. The number of hydrazone groups is 1. The van der Waals surface area contributed by atoms with E-state index in [1.807, 2.05) is 54.6 Å². The molecule has 2 atom stereocenters. The number of carboxylic acid groups (broad SMARTS) is 1. The summed E-state index contributed by atoms with van der Waals surface area (Å²) in [6, 6.07) is 17.4. The van der Waals surface area contributed by atoms with Gasteiger partial charge in [0.05, 0.1) is 18.4 Å². The maximum atomic E-state index is 13.2. The number of amides is 2. The molecule has 196 valence electrons. The minimum atomic E-state index is -0.809. The topological polar surface area (TPSA) is 108 Å². The van der Waals surface area contributed by atoms with Crippen molar-refractivity contribution in [1.82, 2.24) is 10.3 Å². The summed E-state index contributed by atoms with van der Waals surface area (Å²) in [4.78, 5) is 36.7. The third kappa shape index (κ3) is 6.96. The number of hydrogen-bond acceptors (Lipinski definition) is 5. The zero-order valence-corrected chi connectivity index (χ0v) is 21.3. The van der Waals surface area contributed by atoms with Crippen LogP contribution < -0.4 is 5.32 Å². The second kappa shape index (κ2) is 12.5. The lowest BCUT2D eigenvalue weighted by Gasteiger charge is -2.25. The van der Waals surface area contributed by atoms with Gasteiger partial charge in [0.15, 0.2) is 6.61 Å². The number of nitrogens with zero attached hydrogens (tertiary/aromatic N) is 2. The van der Waals surface area contributed by atoms with Crippen molar-refractivity contribution in [2.45, 2.75) is 57.9 Å². The van der Waals surface area contributed by atoms with Crippen LogP contribution in [-0.2, 0) is 25.7 Å². The standard InChI is InChI=1S/C29H35N3O5/c1-20(29(35)36)8-7-17-30-27(34)26(22-9-5-6-10-22)23-15-13-21(14-16-23)18-32-25(33)19-37-28(31-32)24-11-3-2-4-12-24/h2-4,11-16,20,22,26H,5-10,17-19H2,1H3,(H,30,34)(H,35,36). The van der Waals surface area contributed by atoms with E-state index in [0.717, 1.165) is 42.4 Å². The van der Waals surface area contributed by atoms with Gasteiger partial charge < -0.3 is 15.2 Å². The fourth-order valence-electron chi connectivity index (χ4n) is 5.03. The molecule has 37 heavy (non-hydrogen) atoms. The molecule has 2 amide bonds. The maximum Gasteiger partial charge on any atom is 0.306 e. The predicted octanol–water partition coefficient (Wildman–Crippen LogP) is 4.30. The fraction of sp³-hybridized carbons (Fsp3) is 0.448. The van der Waals surface area contributed by atoms with E-state index in [2.05, 4.69) is 10.4 Å². The second-order valence-electron chi connectivity index (χ2n) is 9.95. The van der Waals surface area contributed by atoms with Crippen LogP contribution in [0, 0.1) is 11.8 Å². The van der Waals surface area contributed by atoms with E-state index in [4.69, 9.17) is 9.84 Å². The summed E-state index contributed by atoms with van der Waals surface area (Å²) in [5, 5.41) is 17.9. The summed E-state index contributed by atoms with van der Waals surface area (Å²) in [6.07, 6.45) is 5.47. The zero-order chi connectivity index (χ0) is 26.2. The monoisotopic (exact) mass is 505 g/mol. The SMILES string of the molecule is CC(CCCNC(=O)C(c1ccc(CN2N=C(c3ccccc3)OCC2=O)cc1)C1CCCC1)C(=O)O. The highest BCUT2D eigenvalue weighted by Gasteiger charge is 2.32. The first kappa shape index (κ1) is 26.4. The molecule has 0 aromatic heterocycles. The zero-order valence-electron chi connectivity index (χ0n) is 21.3. The van der Waals surface area contributed by atoms with E-state index in [9.17, 15) is 14.4 Å². The Labute approximate surface area is 217 Å². The average molecular weight is 506 g/mol. The first-order valence-electron chi connectivity index (χ1n) is 13.1. The summed E-state index contributed by atoms with van der Waals surface area (Å²) in [6.45, 7) is 2.42. The molecule has 8 nitrogen and oxygen atoms in total. The van der Waals surface area contributed by atoms with E-state index >= 15 is 0 Å². The first-order chi connectivity index (χ1) is 17.9. The number of carbonyl (C=O) groups excluding carboxylic acids is 2. The highest BCUT2D eigenvalue weighted by Crippen LogP contribution is 2.37. The van der Waals surface area contributed by atoms with Gasteiger partial charge in [0, 0.05) is 12.1 Å². The Morgan fingerprint density at radius 3 is 2.49 bits per heavy atom. The van der Waals surface area contributed by atoms with Crippen LogP contribution in [-0.4, -0.2) is 46.9 Å². The van der Waals surface area contributed by atoms with E-state index in [-0.39, 0.29) is 24.3 Å². The van der Waals surface area contributed by atoms with Crippen molar-refractivity contribution in [1.29, 1.82) is 0 Å². The molecule has 1 aliphatic heterocycles. The van der Waals surface area contributed by atoms with Crippen molar-refractivity contribution in [3.63, 3.8) is 0 Å². The van der Waals surface area contributed by atoms with Crippen molar-refractivity contribution in [2.24, 2.45) is 16.9 Å². The van der Waals surface area contributed by atoms with Crippen LogP contribution in [0.15, 0.2) is 59.7 Å². The summed E-state index contributed by atoms with van der Waals surface area (Å²) >= 11 is 0. The van der Waals surface area contributed by atoms with Crippen LogP contribution in [0.5, 0.6) is 0 Å². The molecule has 2 aliphatic rings. The molecule has 1 aliphatic carbocycles. The number of benzene rings is 2. The molecule has 1 fully saturated rings. The van der Waals surface area contributed by atoms with Crippen LogP contribution in [0.2, 0.25) is 0 Å². The molecule has 2 aromatic carbocycles. The second-order valence-corrected chi connectivity index (χ2v) is 9.95. The van der Waals surface area contributed by atoms with E-state index in [1.54, 1.807) is 6.92 Å². The van der Waals surface area contributed by atoms with Crippen molar-refractivity contribution in [3.05, 3.63) is 71.3 Å². The van der Waals surface area contributed by atoms with Gasteiger partial charge in [0.2, 0.25) is 11.8 Å². The lowest BCUT2D eigenvalue weighted by molar-refractivity contribution is -0.141. The van der Waals surface area contributed by atoms with Gasteiger partial charge in [-0.2, -0.15) is 0 Å². The van der Waals surface area contributed by atoms with Gasteiger partial charge in [0.1, 0.15) is 0 Å². The van der Waals surface area contributed by atoms with Crippen LogP contribution in [0.3, 0.4) is 0 Å². The van der Waals surface area contributed by atoms with Gasteiger partial charge in [-0.3, -0.25) is 14.4 Å². The molecule has 2 N–H and O–H groups in total. The molecule has 1 saturated carbocycles. The van der Waals surface area contributed by atoms with Gasteiger partial charge in [-0.1, -0.05) is 62.2 Å². The van der Waals surface area contributed by atoms with Crippen LogP contribution in [0.4, 0.5) is 0 Å². The lowest BCUT2D eigenvalue weighted by atomic mass is 9.83. The largest absolute Gasteiger partial charge is 0.481 e. The Morgan fingerprint density at radius 2 is 1.81 bits per heavy atom. The number of ether oxygens (including phenoxy) is 1. The predicted molar refractivity (Wildman–Crippen MR) is 140 cm³/mol. The number of nitrogens with one attached hydrogen (secondary N) is 1. The molecule has 0 radical (unpaired) electrons. The lowest BCUT2D eigenvalue weighted by Crippen LogP contribution is -2.36. The Hall–Kier alpha value is -3.68. The smallest absolute Gasteiger partial charge is 0.306 e. The molecule has 1 heterocycles. The Morgan fingerprint density at radius 1 is 1.11 bits per heavy atom. The Kier molecular flexibility index (Phi) is 8.93. The Balaban J connectivity index is 1.42. The Bertz CT molecular complexity index is 1110. The summed E-state index contributed by atoms with van der Waals surface area (Å²) in [7, 11) is 0. The summed E-state index contributed by atoms with van der Waals surface area (Å²) in [5.41, 5.74) is 2.70. The van der Waals surface area contributed by atoms with Gasteiger partial charge in [0.25, 0.3) is 5.91 Å². The van der Waals surface area contributed by atoms with Crippen LogP contribution >= 0.6 is 0 Å². The maximum absolute atomic E-state index is 13.2. The fourth-order valence-corrected chi connectivity index (χ4v) is 5.03. The van der Waals surface area contributed by atoms with Gasteiger partial charge >= 0.3 is 5.97 Å². The third-order valence-corrected chi connectivity index (χ3v) is 7.21. The van der Waals surface area contributed by atoms with Gasteiger partial charge in [-0.15, -0.1) is 5.10 Å². The molecule has 8 heteroatoms. The van der Waals surface area contributed by atoms with Crippen molar-refractivity contribution >= 4 is 23.7 Å². The first-order valence-corrected chi connectivity index (χ1v) is 13.1. The van der Waals surface area contributed by atoms with Crippen LogP contribution in [0.25, 0.3) is 0 Å². The van der Waals surface area contributed by atoms with Crippen molar-refractivity contribution in [3.8, 4) is 0 Å². The third-order valence-electron chi connectivity index (χ3n) is 7.21. The van der Waals surface area contributed by atoms with E-state index in [1.165, 1.54) is 5.01 Å². The number of hydrogen-bond donors (Lipinski definition) is 2. The van der Waals surface area contributed by atoms with E-state index < -0.39 is 11.9 Å². The van der Waals surface area contributed by atoms with Crippen molar-refractivity contribution < 1.29 is 24.2 Å². The number of aliphatic carboxylic acids is 1. The summed E-state index contributed by atoms with van der Waals surface area (Å²) < 4.78 is 5.53. The summed E-state index contributed by atoms with van der Waals surface area (Å²) in [5.74, 6) is -0.943. The molecule has 0 spiro atoms. The molecular formula is C29H35N3O5. The van der Waals surface area contributed by atoms with Crippen LogP contribution in [0.1, 0.15) is 68.1 Å². The molecule has 0 bridgehead atoms. The normalized spacial score (nSPS) is 17.6. The van der Waals surface area contributed by atoms with E-state index in [0.29, 0.717) is 37.7 Å². The number of carbonyl (C=O) groups is 3. The minimum Gasteiger partial charge on any atom is -0.481 e. The average Bonchev–Trinajstić information content (AvgIpc) is 3.43. The molecule has 2 unspecified atom stereocenters. The quantitative estimate of drug-likeness (QED) is 0.443. The molecular weight excluding hydrogens is 470 g/mol. The van der Waals surface area contributed by atoms with Gasteiger partial charge in [-0.05, 0) is 54.9 Å². The molecule has 4 rings (SSSR count). The number of rotatable bonds is 11.